The normalized spacial score (nSPS) is 18.4. The van der Waals surface area contributed by atoms with E-state index >= 15 is 0 Å². The van der Waals surface area contributed by atoms with Crippen LogP contribution in [0.3, 0.4) is 0 Å². The molecule has 0 fully saturated rings. The van der Waals surface area contributed by atoms with Crippen LogP contribution in [0, 0.1) is 12.8 Å². The molecule has 1 aliphatic heterocycles. The second kappa shape index (κ2) is 12.5. The molecule has 3 atom stereocenters. The standard InChI is InChI=1S/C34H32N2O6S/c1-3-40-34-23(8-6-16-37)25(26-19-41-28-9-5-4-7-24(28)31(26)38)18-29(42-34)32(39)35-22-13-11-21(12-14-22)33-36-27-15-10-20(2)17-30(27)43-33/h4-5,7,9-15,17-19,23,25,34,37H,3,6,8,16H2,1-2H3,(H,35,39)/t23-,25-,34+/m1/s1. The van der Waals surface area contributed by atoms with Gasteiger partial charge in [0.05, 0.1) is 21.9 Å². The van der Waals surface area contributed by atoms with Gasteiger partial charge in [0, 0.05) is 41.9 Å². The molecule has 43 heavy (non-hydrogen) atoms. The van der Waals surface area contributed by atoms with Crippen LogP contribution in [0.15, 0.2) is 94.0 Å². The van der Waals surface area contributed by atoms with E-state index in [1.54, 1.807) is 35.6 Å². The lowest BCUT2D eigenvalue weighted by Gasteiger charge is -2.36. The summed E-state index contributed by atoms with van der Waals surface area (Å²) in [5.41, 5.74) is 4.42. The number of hydrogen-bond donors (Lipinski definition) is 2. The van der Waals surface area contributed by atoms with Crippen molar-refractivity contribution < 1.29 is 23.8 Å². The summed E-state index contributed by atoms with van der Waals surface area (Å²) in [5, 5.41) is 13.8. The van der Waals surface area contributed by atoms with E-state index in [2.05, 4.69) is 24.4 Å². The third-order valence-electron chi connectivity index (χ3n) is 7.63. The van der Waals surface area contributed by atoms with E-state index < -0.39 is 18.1 Å². The number of rotatable bonds is 9. The largest absolute Gasteiger partial charge is 0.464 e. The Kier molecular flexibility index (Phi) is 8.38. The van der Waals surface area contributed by atoms with Gasteiger partial charge in [-0.15, -0.1) is 11.3 Å². The number of nitrogens with one attached hydrogen (secondary N) is 1. The Morgan fingerprint density at radius 3 is 2.72 bits per heavy atom. The van der Waals surface area contributed by atoms with Crippen LogP contribution >= 0.6 is 11.3 Å². The van der Waals surface area contributed by atoms with Gasteiger partial charge in [0.1, 0.15) is 10.6 Å². The molecule has 3 aromatic carbocycles. The number of aliphatic hydroxyl groups is 1. The van der Waals surface area contributed by atoms with Gasteiger partial charge in [-0.3, -0.25) is 9.59 Å². The quantitative estimate of drug-likeness (QED) is 0.193. The zero-order valence-corrected chi connectivity index (χ0v) is 24.7. The summed E-state index contributed by atoms with van der Waals surface area (Å²) < 4.78 is 19.0. The van der Waals surface area contributed by atoms with Crippen molar-refractivity contribution in [2.24, 2.45) is 5.92 Å². The number of amides is 1. The summed E-state index contributed by atoms with van der Waals surface area (Å²) in [6, 6.07) is 20.8. The fraction of sp³-hybridized carbons (Fsp3) is 0.265. The van der Waals surface area contributed by atoms with Crippen LogP contribution in [0.4, 0.5) is 5.69 Å². The Hall–Kier alpha value is -4.31. The number of ether oxygens (including phenoxy) is 2. The molecule has 0 saturated heterocycles. The van der Waals surface area contributed by atoms with E-state index in [4.69, 9.17) is 18.9 Å². The highest BCUT2D eigenvalue weighted by molar-refractivity contribution is 7.21. The van der Waals surface area contributed by atoms with Gasteiger partial charge in [0.2, 0.25) is 6.29 Å². The van der Waals surface area contributed by atoms with E-state index in [1.165, 1.54) is 11.8 Å². The summed E-state index contributed by atoms with van der Waals surface area (Å²) in [6.45, 7) is 4.24. The fourth-order valence-electron chi connectivity index (χ4n) is 5.49. The number of aromatic nitrogens is 1. The molecular formula is C34H32N2O6S. The van der Waals surface area contributed by atoms with Crippen molar-refractivity contribution >= 4 is 44.1 Å². The van der Waals surface area contributed by atoms with Gasteiger partial charge in [-0.25, -0.2) is 4.98 Å². The maximum atomic E-state index is 13.6. The highest BCUT2D eigenvalue weighted by atomic mass is 32.1. The third-order valence-corrected chi connectivity index (χ3v) is 8.70. The van der Waals surface area contributed by atoms with E-state index in [0.29, 0.717) is 41.7 Å². The Morgan fingerprint density at radius 2 is 1.93 bits per heavy atom. The molecule has 0 radical (unpaired) electrons. The van der Waals surface area contributed by atoms with Crippen LogP contribution in [0.2, 0.25) is 0 Å². The maximum absolute atomic E-state index is 13.6. The molecule has 6 rings (SSSR count). The average Bonchev–Trinajstić information content (AvgIpc) is 3.44. The molecule has 2 aromatic heterocycles. The number of carbonyl (C=O) groups is 1. The first-order valence-corrected chi connectivity index (χ1v) is 15.2. The van der Waals surface area contributed by atoms with Gasteiger partial charge in [0.15, 0.2) is 11.2 Å². The minimum atomic E-state index is -0.789. The first-order chi connectivity index (χ1) is 20.9. The number of fused-ring (bicyclic) bond motifs is 2. The number of nitrogens with zero attached hydrogens (tertiary/aromatic N) is 1. The molecule has 1 amide bonds. The van der Waals surface area contributed by atoms with Crippen molar-refractivity contribution in [1.29, 1.82) is 0 Å². The van der Waals surface area contributed by atoms with Crippen LogP contribution in [-0.2, 0) is 14.3 Å². The molecule has 1 aliphatic rings. The van der Waals surface area contributed by atoms with Crippen molar-refractivity contribution in [2.45, 2.75) is 38.9 Å². The van der Waals surface area contributed by atoms with E-state index in [0.717, 1.165) is 20.8 Å². The van der Waals surface area contributed by atoms with Crippen LogP contribution in [0.25, 0.3) is 31.8 Å². The van der Waals surface area contributed by atoms with Crippen molar-refractivity contribution in [3.05, 3.63) is 106 Å². The molecule has 9 heteroatoms. The Morgan fingerprint density at radius 1 is 1.12 bits per heavy atom. The van der Waals surface area contributed by atoms with Crippen LogP contribution in [-0.4, -0.2) is 35.5 Å². The number of carbonyl (C=O) groups excluding carboxylic acids is 1. The van der Waals surface area contributed by atoms with E-state index in [1.807, 2.05) is 43.3 Å². The fourth-order valence-corrected chi connectivity index (χ4v) is 6.56. The number of allylic oxidation sites excluding steroid dienone is 1. The summed E-state index contributed by atoms with van der Waals surface area (Å²) in [4.78, 5) is 31.8. The average molecular weight is 597 g/mol. The predicted molar refractivity (Wildman–Crippen MR) is 168 cm³/mol. The number of aliphatic hydroxyl groups excluding tert-OH is 1. The molecule has 0 bridgehead atoms. The van der Waals surface area contributed by atoms with E-state index in [9.17, 15) is 14.7 Å². The van der Waals surface area contributed by atoms with Crippen molar-refractivity contribution in [1.82, 2.24) is 4.98 Å². The molecule has 8 nitrogen and oxygen atoms in total. The van der Waals surface area contributed by atoms with Gasteiger partial charge >= 0.3 is 0 Å². The molecule has 0 aliphatic carbocycles. The van der Waals surface area contributed by atoms with E-state index in [-0.39, 0.29) is 23.7 Å². The Balaban J connectivity index is 1.29. The summed E-state index contributed by atoms with van der Waals surface area (Å²) >= 11 is 1.63. The van der Waals surface area contributed by atoms with Crippen molar-refractivity contribution in [3.63, 3.8) is 0 Å². The summed E-state index contributed by atoms with van der Waals surface area (Å²) in [7, 11) is 0. The Bertz CT molecular complexity index is 1860. The van der Waals surface area contributed by atoms with Crippen LogP contribution in [0.5, 0.6) is 0 Å². The predicted octanol–water partition coefficient (Wildman–Crippen LogP) is 6.77. The summed E-state index contributed by atoms with van der Waals surface area (Å²) in [6.07, 6.45) is 3.36. The monoisotopic (exact) mass is 596 g/mol. The Labute approximate surface area is 252 Å². The molecule has 0 spiro atoms. The van der Waals surface area contributed by atoms with Gasteiger partial charge in [-0.05, 0) is 86.9 Å². The third kappa shape index (κ3) is 5.97. The second-order valence-electron chi connectivity index (χ2n) is 10.6. The van der Waals surface area contributed by atoms with Crippen LogP contribution in [0.1, 0.15) is 36.8 Å². The lowest BCUT2D eigenvalue weighted by atomic mass is 9.81. The second-order valence-corrected chi connectivity index (χ2v) is 11.6. The number of benzene rings is 3. The van der Waals surface area contributed by atoms with Crippen molar-refractivity contribution in [2.75, 3.05) is 18.5 Å². The summed E-state index contributed by atoms with van der Waals surface area (Å²) in [5.74, 6) is -1.24. The number of hydrogen-bond acceptors (Lipinski definition) is 8. The zero-order chi connectivity index (χ0) is 29.9. The minimum absolute atomic E-state index is 0.0158. The van der Waals surface area contributed by atoms with Gasteiger partial charge < -0.3 is 24.3 Å². The highest BCUT2D eigenvalue weighted by Crippen LogP contribution is 2.39. The molecule has 5 aromatic rings. The minimum Gasteiger partial charge on any atom is -0.464 e. The molecule has 2 N–H and O–H groups in total. The topological polar surface area (TPSA) is 111 Å². The van der Waals surface area contributed by atoms with Gasteiger partial charge in [-0.1, -0.05) is 18.2 Å². The molecule has 0 saturated carbocycles. The molecular weight excluding hydrogens is 564 g/mol. The number of aryl methyl sites for hydroxylation is 1. The molecule has 220 valence electrons. The lowest BCUT2D eigenvalue weighted by molar-refractivity contribution is -0.165. The van der Waals surface area contributed by atoms with Gasteiger partial charge in [0.25, 0.3) is 5.91 Å². The zero-order valence-electron chi connectivity index (χ0n) is 23.9. The van der Waals surface area contributed by atoms with Crippen LogP contribution < -0.4 is 10.7 Å². The first kappa shape index (κ1) is 28.8. The maximum Gasteiger partial charge on any atom is 0.290 e. The number of para-hydroxylation sites is 1. The number of anilines is 1. The van der Waals surface area contributed by atoms with Gasteiger partial charge in [-0.2, -0.15) is 0 Å². The van der Waals surface area contributed by atoms with Crippen molar-refractivity contribution in [3.8, 4) is 10.6 Å². The first-order valence-electron chi connectivity index (χ1n) is 14.4. The number of thiazole rings is 1. The molecule has 3 heterocycles. The SMILES string of the molecule is CCO[C@H]1OC(C(=O)Nc2ccc(-c3nc4ccc(C)cc4s3)cc2)=C[C@@H](c2coc3ccccc3c2=O)[C@H]1CCCO. The lowest BCUT2D eigenvalue weighted by Crippen LogP contribution is -2.38. The highest BCUT2D eigenvalue weighted by Gasteiger charge is 2.39. The smallest absolute Gasteiger partial charge is 0.290 e. The molecule has 0 unspecified atom stereocenters.